The van der Waals surface area contributed by atoms with Crippen molar-refractivity contribution in [3.63, 3.8) is 0 Å². The van der Waals surface area contributed by atoms with Crippen LogP contribution in [0.2, 0.25) is 10.3 Å². The lowest BCUT2D eigenvalue weighted by Crippen LogP contribution is -2.18. The molecule has 2 atom stereocenters. The van der Waals surface area contributed by atoms with Crippen LogP contribution in [0.15, 0.2) is 6.07 Å². The second-order valence-corrected chi connectivity index (χ2v) is 6.75. The molecule has 0 N–H and O–H groups in total. The molecule has 1 aliphatic rings. The fraction of sp³-hybridized carbons (Fsp3) is 0.556. The largest absolute Gasteiger partial charge is 0.220 e. The van der Waals surface area contributed by atoms with E-state index in [1.165, 1.54) is 5.75 Å². The van der Waals surface area contributed by atoms with Crippen LogP contribution in [-0.4, -0.2) is 26.7 Å². The fourth-order valence-corrected chi connectivity index (χ4v) is 4.58. The first kappa shape index (κ1) is 11.8. The van der Waals surface area contributed by atoms with Crippen molar-refractivity contribution in [1.29, 1.82) is 0 Å². The Kier molecular flexibility index (Phi) is 4.04. The van der Waals surface area contributed by atoms with Crippen molar-refractivity contribution in [2.24, 2.45) is 0 Å². The zero-order chi connectivity index (χ0) is 10.8. The molecule has 0 aliphatic carbocycles. The smallest absolute Gasteiger partial charge is 0.145 e. The lowest BCUT2D eigenvalue weighted by atomic mass is 10.3. The average Bonchev–Trinajstić information content (AvgIpc) is 2.16. The summed E-state index contributed by atoms with van der Waals surface area (Å²) in [5.74, 6) is 3.08. The molecule has 1 aromatic heterocycles. The van der Waals surface area contributed by atoms with E-state index in [4.69, 9.17) is 23.2 Å². The van der Waals surface area contributed by atoms with Crippen molar-refractivity contribution in [3.8, 4) is 0 Å². The molecule has 2 rings (SSSR count). The second-order valence-electron chi connectivity index (χ2n) is 3.24. The van der Waals surface area contributed by atoms with E-state index < -0.39 is 0 Å². The number of thioether (sulfide) groups is 2. The van der Waals surface area contributed by atoms with Crippen molar-refractivity contribution in [3.05, 3.63) is 22.2 Å². The van der Waals surface area contributed by atoms with Gasteiger partial charge in [0.1, 0.15) is 16.1 Å². The van der Waals surface area contributed by atoms with Gasteiger partial charge in [-0.25, -0.2) is 9.97 Å². The molecule has 2 nitrogen and oxygen atoms in total. The zero-order valence-corrected chi connectivity index (χ0v) is 11.3. The van der Waals surface area contributed by atoms with Gasteiger partial charge in [0, 0.05) is 22.8 Å². The van der Waals surface area contributed by atoms with Gasteiger partial charge < -0.3 is 0 Å². The van der Waals surface area contributed by atoms with Gasteiger partial charge in [0.2, 0.25) is 0 Å². The van der Waals surface area contributed by atoms with Crippen LogP contribution in [0.3, 0.4) is 0 Å². The minimum absolute atomic E-state index is 0.306. The number of rotatable bonds is 1. The van der Waals surface area contributed by atoms with Gasteiger partial charge in [0.15, 0.2) is 0 Å². The Morgan fingerprint density at radius 2 is 1.80 bits per heavy atom. The molecule has 2 heterocycles. The Hall–Kier alpha value is 0.360. The van der Waals surface area contributed by atoms with Crippen LogP contribution in [0.25, 0.3) is 0 Å². The van der Waals surface area contributed by atoms with Crippen LogP contribution in [0.5, 0.6) is 0 Å². The summed E-state index contributed by atoms with van der Waals surface area (Å²) in [6, 6.07) is 1.57. The summed E-state index contributed by atoms with van der Waals surface area (Å²) in [5.41, 5.74) is 0. The predicted molar refractivity (Wildman–Crippen MR) is 69.2 cm³/mol. The van der Waals surface area contributed by atoms with Crippen molar-refractivity contribution < 1.29 is 0 Å². The highest BCUT2D eigenvalue weighted by Gasteiger charge is 2.26. The van der Waals surface area contributed by atoms with Crippen LogP contribution in [0.1, 0.15) is 18.0 Å². The van der Waals surface area contributed by atoms with Crippen molar-refractivity contribution >= 4 is 46.7 Å². The SMILES string of the molecule is CC1SCCSC1c1nc(Cl)cc(Cl)n1. The van der Waals surface area contributed by atoms with Gasteiger partial charge in [-0.1, -0.05) is 30.1 Å². The third-order valence-corrected chi connectivity index (χ3v) is 5.60. The van der Waals surface area contributed by atoms with E-state index in [1.807, 2.05) is 23.5 Å². The van der Waals surface area contributed by atoms with Crippen LogP contribution in [0, 0.1) is 0 Å². The Morgan fingerprint density at radius 3 is 2.40 bits per heavy atom. The van der Waals surface area contributed by atoms with E-state index in [9.17, 15) is 0 Å². The predicted octanol–water partition coefficient (Wildman–Crippen LogP) is 3.69. The van der Waals surface area contributed by atoms with Gasteiger partial charge in [0.25, 0.3) is 0 Å². The molecule has 1 fully saturated rings. The lowest BCUT2D eigenvalue weighted by molar-refractivity contribution is 0.823. The topological polar surface area (TPSA) is 25.8 Å². The van der Waals surface area contributed by atoms with E-state index in [0.717, 1.165) is 11.6 Å². The number of nitrogens with zero attached hydrogens (tertiary/aromatic N) is 2. The molecular formula is C9H10Cl2N2S2. The van der Waals surface area contributed by atoms with E-state index >= 15 is 0 Å². The summed E-state index contributed by atoms with van der Waals surface area (Å²) < 4.78 is 0. The Balaban J connectivity index is 2.27. The molecule has 6 heteroatoms. The first-order valence-corrected chi connectivity index (χ1v) is 7.45. The molecule has 1 saturated heterocycles. The second kappa shape index (κ2) is 5.13. The Labute approximate surface area is 108 Å². The first-order valence-electron chi connectivity index (χ1n) is 4.60. The highest BCUT2D eigenvalue weighted by Crippen LogP contribution is 2.41. The van der Waals surface area contributed by atoms with Crippen molar-refractivity contribution in [1.82, 2.24) is 9.97 Å². The molecular weight excluding hydrogens is 271 g/mol. The van der Waals surface area contributed by atoms with E-state index in [1.54, 1.807) is 6.07 Å². The summed E-state index contributed by atoms with van der Waals surface area (Å²) in [4.78, 5) is 8.49. The van der Waals surface area contributed by atoms with E-state index in [-0.39, 0.29) is 0 Å². The number of halogens is 2. The average molecular weight is 281 g/mol. The number of aromatic nitrogens is 2. The van der Waals surface area contributed by atoms with Crippen molar-refractivity contribution in [2.75, 3.05) is 11.5 Å². The van der Waals surface area contributed by atoms with Gasteiger partial charge in [-0.2, -0.15) is 11.8 Å². The van der Waals surface area contributed by atoms with Crippen LogP contribution >= 0.6 is 46.7 Å². The molecule has 0 aromatic carbocycles. The maximum absolute atomic E-state index is 5.87. The van der Waals surface area contributed by atoms with Crippen LogP contribution in [0.4, 0.5) is 0 Å². The fourth-order valence-electron chi connectivity index (χ4n) is 1.45. The van der Waals surface area contributed by atoms with E-state index in [2.05, 4.69) is 16.9 Å². The Morgan fingerprint density at radius 1 is 1.20 bits per heavy atom. The standard InChI is InChI=1S/C9H10Cl2N2S2/c1-5-8(15-3-2-14-5)9-12-6(10)4-7(11)13-9/h4-5,8H,2-3H2,1H3. The first-order chi connectivity index (χ1) is 7.16. The molecule has 82 valence electrons. The van der Waals surface area contributed by atoms with E-state index in [0.29, 0.717) is 20.8 Å². The van der Waals surface area contributed by atoms with Gasteiger partial charge in [-0.3, -0.25) is 0 Å². The third-order valence-electron chi connectivity index (χ3n) is 2.12. The summed E-state index contributed by atoms with van der Waals surface area (Å²) in [6.07, 6.45) is 0. The van der Waals surface area contributed by atoms with Gasteiger partial charge in [0.05, 0.1) is 5.25 Å². The van der Waals surface area contributed by atoms with Gasteiger partial charge in [-0.15, -0.1) is 11.8 Å². The van der Waals surface area contributed by atoms with Crippen LogP contribution < -0.4 is 0 Å². The van der Waals surface area contributed by atoms with Gasteiger partial charge >= 0.3 is 0 Å². The van der Waals surface area contributed by atoms with Crippen LogP contribution in [-0.2, 0) is 0 Å². The monoisotopic (exact) mass is 280 g/mol. The minimum atomic E-state index is 0.306. The molecule has 0 amide bonds. The summed E-state index contributed by atoms with van der Waals surface area (Å²) in [5, 5.41) is 1.67. The third kappa shape index (κ3) is 2.93. The molecule has 0 bridgehead atoms. The molecule has 1 aromatic rings. The van der Waals surface area contributed by atoms with Crippen molar-refractivity contribution in [2.45, 2.75) is 17.4 Å². The summed E-state index contributed by atoms with van der Waals surface area (Å²) in [6.45, 7) is 2.19. The Bertz CT molecular complexity index is 342. The molecule has 0 saturated carbocycles. The maximum Gasteiger partial charge on any atom is 0.145 e. The maximum atomic E-state index is 5.87. The molecule has 15 heavy (non-hydrogen) atoms. The molecule has 0 spiro atoms. The summed E-state index contributed by atoms with van der Waals surface area (Å²) in [7, 11) is 0. The summed E-state index contributed by atoms with van der Waals surface area (Å²) >= 11 is 15.6. The highest BCUT2D eigenvalue weighted by atomic mass is 35.5. The quantitative estimate of drug-likeness (QED) is 0.733. The lowest BCUT2D eigenvalue weighted by Gasteiger charge is -2.26. The molecule has 0 radical (unpaired) electrons. The zero-order valence-electron chi connectivity index (χ0n) is 8.11. The minimum Gasteiger partial charge on any atom is -0.220 e. The molecule has 2 unspecified atom stereocenters. The number of hydrogen-bond acceptors (Lipinski definition) is 4. The normalized spacial score (nSPS) is 26.6. The van der Waals surface area contributed by atoms with Gasteiger partial charge in [-0.05, 0) is 0 Å². The highest BCUT2D eigenvalue weighted by molar-refractivity contribution is 8.06. The molecule has 1 aliphatic heterocycles. The number of hydrogen-bond donors (Lipinski definition) is 0.